The van der Waals surface area contributed by atoms with Gasteiger partial charge in [-0.05, 0) is 67.8 Å². The Morgan fingerprint density at radius 1 is 0.854 bits per heavy atom. The summed E-state index contributed by atoms with van der Waals surface area (Å²) in [7, 11) is -1.49. The van der Waals surface area contributed by atoms with Crippen molar-refractivity contribution in [2.45, 2.75) is 57.1 Å². The molecule has 4 aromatic rings. The van der Waals surface area contributed by atoms with E-state index >= 15 is 0 Å². The van der Waals surface area contributed by atoms with Gasteiger partial charge in [-0.25, -0.2) is 8.42 Å². The van der Waals surface area contributed by atoms with Gasteiger partial charge in [-0.2, -0.15) is 0 Å². The number of carbonyl (C=O) groups is 2. The Bertz CT molecular complexity index is 1780. The summed E-state index contributed by atoms with van der Waals surface area (Å²) in [5, 5.41) is 3.45. The topological polar surface area (TPSA) is 105 Å². The Labute approximate surface area is 288 Å². The predicted octanol–water partition coefficient (Wildman–Crippen LogP) is 6.42. The minimum Gasteiger partial charge on any atom is -0.493 e. The van der Waals surface area contributed by atoms with Gasteiger partial charge in [0, 0.05) is 30.1 Å². The highest BCUT2D eigenvalue weighted by Crippen LogP contribution is 2.33. The van der Waals surface area contributed by atoms with E-state index in [1.165, 1.54) is 49.5 Å². The number of nitrogens with zero attached hydrogens (tertiary/aromatic N) is 2. The van der Waals surface area contributed by atoms with Crippen molar-refractivity contribution in [3.05, 3.63) is 119 Å². The molecule has 2 amide bonds. The van der Waals surface area contributed by atoms with Crippen LogP contribution in [-0.4, -0.2) is 58.0 Å². The number of carbonyl (C=O) groups excluding carboxylic acids is 2. The van der Waals surface area contributed by atoms with E-state index < -0.39 is 28.5 Å². The van der Waals surface area contributed by atoms with E-state index in [0.717, 1.165) is 21.0 Å². The third-order valence-corrected chi connectivity index (χ3v) is 10.1. The quantitative estimate of drug-likeness (QED) is 0.154. The summed E-state index contributed by atoms with van der Waals surface area (Å²) in [4.78, 5) is 30.0. The fourth-order valence-corrected chi connectivity index (χ4v) is 6.68. The molecule has 48 heavy (non-hydrogen) atoms. The maximum Gasteiger partial charge on any atom is 0.264 e. The van der Waals surface area contributed by atoms with E-state index in [0.29, 0.717) is 17.2 Å². The molecule has 0 saturated heterocycles. The first-order valence-electron chi connectivity index (χ1n) is 15.7. The number of hydrogen-bond donors (Lipinski definition) is 1. The molecule has 0 aliphatic rings. The fraction of sp³-hybridized carbons (Fsp3) is 0.297. The van der Waals surface area contributed by atoms with Gasteiger partial charge >= 0.3 is 0 Å². The number of benzene rings is 4. The summed E-state index contributed by atoms with van der Waals surface area (Å²) in [6.45, 7) is 5.33. The van der Waals surface area contributed by atoms with Crippen LogP contribution in [-0.2, 0) is 32.6 Å². The normalized spacial score (nSPS) is 12.5. The number of anilines is 1. The molecule has 0 aromatic heterocycles. The molecule has 4 rings (SSSR count). The van der Waals surface area contributed by atoms with Crippen LogP contribution in [0.3, 0.4) is 0 Å². The van der Waals surface area contributed by atoms with Crippen LogP contribution >= 0.6 is 11.6 Å². The summed E-state index contributed by atoms with van der Waals surface area (Å²) in [5.74, 6) is -0.318. The van der Waals surface area contributed by atoms with E-state index in [9.17, 15) is 18.0 Å². The molecular weight excluding hydrogens is 650 g/mol. The van der Waals surface area contributed by atoms with Gasteiger partial charge in [0.2, 0.25) is 11.8 Å². The molecule has 0 radical (unpaired) electrons. The Hall–Kier alpha value is -4.54. The van der Waals surface area contributed by atoms with Crippen LogP contribution in [0.2, 0.25) is 5.02 Å². The minimum absolute atomic E-state index is 0.0788. The summed E-state index contributed by atoms with van der Waals surface area (Å²) in [6, 6.07) is 26.5. The second-order valence-corrected chi connectivity index (χ2v) is 13.8. The molecule has 0 unspecified atom stereocenters. The number of methoxy groups -OCH3 is 2. The van der Waals surface area contributed by atoms with Crippen LogP contribution in [0.5, 0.6) is 11.5 Å². The number of nitrogens with one attached hydrogen (secondary N) is 1. The molecule has 0 saturated carbocycles. The highest BCUT2D eigenvalue weighted by molar-refractivity contribution is 7.92. The molecule has 4 aromatic carbocycles. The molecule has 0 spiro atoms. The highest BCUT2D eigenvalue weighted by atomic mass is 35.5. The number of rotatable bonds is 15. The molecule has 254 valence electrons. The van der Waals surface area contributed by atoms with Gasteiger partial charge < -0.3 is 19.7 Å². The molecule has 11 heteroatoms. The fourth-order valence-electron chi connectivity index (χ4n) is 5.13. The second-order valence-electron chi connectivity index (χ2n) is 11.5. The zero-order chi connectivity index (χ0) is 34.8. The minimum atomic E-state index is -4.35. The molecule has 2 atom stereocenters. The van der Waals surface area contributed by atoms with Crippen LogP contribution < -0.4 is 19.1 Å². The van der Waals surface area contributed by atoms with E-state index in [4.69, 9.17) is 21.1 Å². The molecule has 1 N–H and O–H groups in total. The van der Waals surface area contributed by atoms with Gasteiger partial charge in [-0.3, -0.25) is 13.9 Å². The van der Waals surface area contributed by atoms with Gasteiger partial charge in [0.05, 0.1) is 24.8 Å². The Morgan fingerprint density at radius 3 is 2.10 bits per heavy atom. The number of hydrogen-bond acceptors (Lipinski definition) is 6. The second kappa shape index (κ2) is 16.5. The average molecular weight is 692 g/mol. The summed E-state index contributed by atoms with van der Waals surface area (Å²) < 4.78 is 40.4. The lowest BCUT2D eigenvalue weighted by atomic mass is 10.0. The largest absolute Gasteiger partial charge is 0.493 e. The molecule has 0 heterocycles. The first-order chi connectivity index (χ1) is 23.0. The number of aryl methyl sites for hydroxylation is 1. The molecule has 0 aliphatic heterocycles. The van der Waals surface area contributed by atoms with Crippen LogP contribution in [0.15, 0.2) is 102 Å². The van der Waals surface area contributed by atoms with Gasteiger partial charge in [0.1, 0.15) is 12.6 Å². The predicted molar refractivity (Wildman–Crippen MR) is 189 cm³/mol. The number of sulfonamides is 1. The van der Waals surface area contributed by atoms with Crippen molar-refractivity contribution in [2.24, 2.45) is 0 Å². The van der Waals surface area contributed by atoms with Crippen LogP contribution in [0.4, 0.5) is 5.69 Å². The van der Waals surface area contributed by atoms with Gasteiger partial charge in [0.15, 0.2) is 11.5 Å². The molecular formula is C37H42ClN3O6S. The van der Waals surface area contributed by atoms with E-state index in [1.807, 2.05) is 75.4 Å². The van der Waals surface area contributed by atoms with Crippen LogP contribution in [0, 0.1) is 6.92 Å². The highest BCUT2D eigenvalue weighted by Gasteiger charge is 2.35. The third kappa shape index (κ3) is 9.08. The van der Waals surface area contributed by atoms with Crippen molar-refractivity contribution >= 4 is 39.1 Å². The maximum absolute atomic E-state index is 14.6. The lowest BCUT2D eigenvalue weighted by Crippen LogP contribution is -2.54. The first kappa shape index (κ1) is 36.3. The average Bonchev–Trinajstić information content (AvgIpc) is 3.09. The summed E-state index contributed by atoms with van der Waals surface area (Å²) in [5.41, 5.74) is 2.92. The van der Waals surface area contributed by atoms with Crippen molar-refractivity contribution in [1.82, 2.24) is 10.2 Å². The van der Waals surface area contributed by atoms with Crippen molar-refractivity contribution in [3.63, 3.8) is 0 Å². The van der Waals surface area contributed by atoms with Gasteiger partial charge in [-0.1, -0.05) is 78.7 Å². The van der Waals surface area contributed by atoms with Crippen molar-refractivity contribution in [2.75, 3.05) is 25.1 Å². The van der Waals surface area contributed by atoms with Crippen molar-refractivity contribution < 1.29 is 27.5 Å². The lowest BCUT2D eigenvalue weighted by Gasteiger charge is -2.34. The van der Waals surface area contributed by atoms with E-state index in [1.54, 1.807) is 12.1 Å². The zero-order valence-corrected chi connectivity index (χ0v) is 29.4. The maximum atomic E-state index is 14.6. The molecule has 0 fully saturated rings. The standard InChI is InChI=1S/C37H42ClN3O6S/c1-6-27(3)39-37(43)33(22-28-10-8-7-9-11-28)40(24-29-14-12-26(2)13-15-29)36(42)25-41(31-18-16-30(38)17-19-31)48(44,45)32-20-21-34(46-4)35(23-32)47-5/h7-21,23,27,33H,6,22,24-25H2,1-5H3,(H,39,43)/t27-,33-/m0/s1. The SMILES string of the molecule is CC[C@H](C)NC(=O)[C@H](Cc1ccccc1)N(Cc1ccc(C)cc1)C(=O)CN(c1ccc(Cl)cc1)S(=O)(=O)c1ccc(OC)c(OC)c1. The van der Waals surface area contributed by atoms with Gasteiger partial charge in [0.25, 0.3) is 10.0 Å². The zero-order valence-electron chi connectivity index (χ0n) is 27.9. The first-order valence-corrected chi connectivity index (χ1v) is 17.5. The summed E-state index contributed by atoms with van der Waals surface area (Å²) >= 11 is 6.17. The Morgan fingerprint density at radius 2 is 1.50 bits per heavy atom. The third-order valence-electron chi connectivity index (χ3n) is 8.08. The van der Waals surface area contributed by atoms with E-state index in [2.05, 4.69) is 5.32 Å². The lowest BCUT2D eigenvalue weighted by molar-refractivity contribution is -0.140. The molecule has 0 bridgehead atoms. The smallest absolute Gasteiger partial charge is 0.264 e. The van der Waals surface area contributed by atoms with Crippen molar-refractivity contribution in [3.8, 4) is 11.5 Å². The molecule has 9 nitrogen and oxygen atoms in total. The number of amides is 2. The molecule has 0 aliphatic carbocycles. The van der Waals surface area contributed by atoms with Crippen LogP contribution in [0.1, 0.15) is 37.0 Å². The summed E-state index contributed by atoms with van der Waals surface area (Å²) in [6.07, 6.45) is 0.924. The Balaban J connectivity index is 1.82. The van der Waals surface area contributed by atoms with Gasteiger partial charge in [-0.15, -0.1) is 0 Å². The van der Waals surface area contributed by atoms with E-state index in [-0.39, 0.29) is 41.2 Å². The van der Waals surface area contributed by atoms with Crippen LogP contribution in [0.25, 0.3) is 0 Å². The number of ether oxygens (including phenoxy) is 2. The Kier molecular flexibility index (Phi) is 12.5. The monoisotopic (exact) mass is 691 g/mol. The van der Waals surface area contributed by atoms with Crippen molar-refractivity contribution in [1.29, 1.82) is 0 Å². The number of halogens is 1.